The number of alkyl halides is 3. The summed E-state index contributed by atoms with van der Waals surface area (Å²) in [7, 11) is -2.48. The van der Waals surface area contributed by atoms with Crippen molar-refractivity contribution in [1.29, 1.82) is 0 Å². The number of nitrogens with zero attached hydrogens (tertiary/aromatic N) is 1. The van der Waals surface area contributed by atoms with Crippen LogP contribution in [0.4, 0.5) is 13.2 Å². The number of nitrogens with one attached hydrogen (secondary N) is 1. The molecular weight excluding hydrogens is 345 g/mol. The van der Waals surface area contributed by atoms with Crippen molar-refractivity contribution in [2.45, 2.75) is 24.2 Å². The first kappa shape index (κ1) is 18.4. The van der Waals surface area contributed by atoms with Crippen molar-refractivity contribution in [3.8, 4) is 0 Å². The Kier molecular flexibility index (Phi) is 5.58. The standard InChI is InChI=1S/C15H15F3N2O3S/c1-23-10-11-4-2-3-5-14(11)24(21,22)20-9-13-8-12(6-7-19-13)15(16,17)18/h2-8,20H,9-10H2,1H3. The lowest BCUT2D eigenvalue weighted by Crippen LogP contribution is -2.25. The van der Waals surface area contributed by atoms with Gasteiger partial charge in [0.15, 0.2) is 0 Å². The van der Waals surface area contributed by atoms with Crippen LogP contribution in [-0.2, 0) is 34.1 Å². The summed E-state index contributed by atoms with van der Waals surface area (Å²) < 4.78 is 69.9. The summed E-state index contributed by atoms with van der Waals surface area (Å²) in [5.74, 6) is 0. The van der Waals surface area contributed by atoms with Gasteiger partial charge in [0.1, 0.15) is 0 Å². The molecule has 1 N–H and O–H groups in total. The van der Waals surface area contributed by atoms with Gasteiger partial charge in [-0.1, -0.05) is 18.2 Å². The van der Waals surface area contributed by atoms with E-state index in [2.05, 4.69) is 9.71 Å². The van der Waals surface area contributed by atoms with E-state index >= 15 is 0 Å². The molecule has 2 aromatic rings. The van der Waals surface area contributed by atoms with Crippen molar-refractivity contribution < 1.29 is 26.3 Å². The summed E-state index contributed by atoms with van der Waals surface area (Å²) >= 11 is 0. The van der Waals surface area contributed by atoms with Crippen LogP contribution in [-0.4, -0.2) is 20.5 Å². The second-order valence-corrected chi connectivity index (χ2v) is 6.63. The molecule has 0 amide bonds. The van der Waals surface area contributed by atoms with Gasteiger partial charge in [0.25, 0.3) is 0 Å². The Morgan fingerprint density at radius 2 is 1.92 bits per heavy atom. The number of sulfonamides is 1. The van der Waals surface area contributed by atoms with E-state index in [0.29, 0.717) is 5.56 Å². The lowest BCUT2D eigenvalue weighted by molar-refractivity contribution is -0.137. The smallest absolute Gasteiger partial charge is 0.380 e. The van der Waals surface area contributed by atoms with Crippen molar-refractivity contribution >= 4 is 10.0 Å². The molecule has 0 unspecified atom stereocenters. The molecule has 0 aliphatic heterocycles. The zero-order valence-corrected chi connectivity index (χ0v) is 13.5. The summed E-state index contributed by atoms with van der Waals surface area (Å²) in [5, 5.41) is 0. The Balaban J connectivity index is 2.20. The molecule has 1 aromatic heterocycles. The molecular formula is C15H15F3N2O3S. The van der Waals surface area contributed by atoms with Crippen molar-refractivity contribution in [2.24, 2.45) is 0 Å². The number of methoxy groups -OCH3 is 1. The second-order valence-electron chi connectivity index (χ2n) is 4.90. The summed E-state index contributed by atoms with van der Waals surface area (Å²) in [6.07, 6.45) is -3.52. The van der Waals surface area contributed by atoms with E-state index in [0.717, 1.165) is 18.3 Å². The molecule has 1 heterocycles. The normalized spacial score (nSPS) is 12.3. The fourth-order valence-corrected chi connectivity index (χ4v) is 3.26. The fourth-order valence-electron chi connectivity index (χ4n) is 2.04. The van der Waals surface area contributed by atoms with E-state index in [1.807, 2.05) is 0 Å². The summed E-state index contributed by atoms with van der Waals surface area (Å²) in [6, 6.07) is 7.85. The molecule has 0 fully saturated rings. The maximum atomic E-state index is 12.7. The van der Waals surface area contributed by atoms with Gasteiger partial charge in [-0.2, -0.15) is 13.2 Å². The van der Waals surface area contributed by atoms with E-state index in [4.69, 9.17) is 4.74 Å². The Morgan fingerprint density at radius 1 is 1.21 bits per heavy atom. The number of pyridine rings is 1. The molecule has 0 atom stereocenters. The minimum atomic E-state index is -4.51. The molecule has 0 radical (unpaired) electrons. The lowest BCUT2D eigenvalue weighted by Gasteiger charge is -2.12. The Hall–Kier alpha value is -1.97. The molecule has 0 aliphatic carbocycles. The molecule has 0 bridgehead atoms. The van der Waals surface area contributed by atoms with Crippen LogP contribution in [0, 0.1) is 0 Å². The zero-order valence-electron chi connectivity index (χ0n) is 12.7. The minimum absolute atomic E-state index is 0.0128. The van der Waals surface area contributed by atoms with Gasteiger partial charge in [-0.15, -0.1) is 0 Å². The first-order valence-electron chi connectivity index (χ1n) is 6.82. The van der Waals surface area contributed by atoms with Crippen molar-refractivity contribution in [1.82, 2.24) is 9.71 Å². The van der Waals surface area contributed by atoms with Crippen molar-refractivity contribution in [3.05, 3.63) is 59.4 Å². The molecule has 0 aliphatic rings. The van der Waals surface area contributed by atoms with Gasteiger partial charge >= 0.3 is 6.18 Å². The topological polar surface area (TPSA) is 68.3 Å². The predicted octanol–water partition coefficient (Wildman–Crippen LogP) is 2.73. The number of aromatic nitrogens is 1. The average Bonchev–Trinajstić information content (AvgIpc) is 2.53. The summed E-state index contributed by atoms with van der Waals surface area (Å²) in [6.45, 7) is -0.257. The van der Waals surface area contributed by atoms with Crippen molar-refractivity contribution in [3.63, 3.8) is 0 Å². The second kappa shape index (κ2) is 7.29. The minimum Gasteiger partial charge on any atom is -0.380 e. The lowest BCUT2D eigenvalue weighted by atomic mass is 10.2. The summed E-state index contributed by atoms with van der Waals surface area (Å²) in [5.41, 5.74) is -0.464. The Bertz CT molecular complexity index is 808. The molecule has 2 rings (SSSR count). The largest absolute Gasteiger partial charge is 0.416 e. The van der Waals surface area contributed by atoms with Crippen LogP contribution in [0.25, 0.3) is 0 Å². The van der Waals surface area contributed by atoms with Crippen LogP contribution >= 0.6 is 0 Å². The fraction of sp³-hybridized carbons (Fsp3) is 0.267. The van der Waals surface area contributed by atoms with E-state index in [1.54, 1.807) is 18.2 Å². The summed E-state index contributed by atoms with van der Waals surface area (Å²) in [4.78, 5) is 3.77. The number of rotatable bonds is 6. The molecule has 9 heteroatoms. The molecule has 5 nitrogen and oxygen atoms in total. The Morgan fingerprint density at radius 3 is 2.58 bits per heavy atom. The zero-order chi connectivity index (χ0) is 17.8. The van der Waals surface area contributed by atoms with Gasteiger partial charge in [0.2, 0.25) is 10.0 Å². The van der Waals surface area contributed by atoms with Crippen LogP contribution < -0.4 is 4.72 Å². The van der Waals surface area contributed by atoms with E-state index in [9.17, 15) is 21.6 Å². The van der Waals surface area contributed by atoms with Gasteiger partial charge in [-0.05, 0) is 23.8 Å². The molecule has 0 spiro atoms. The number of hydrogen-bond donors (Lipinski definition) is 1. The van der Waals surface area contributed by atoms with Gasteiger partial charge in [-0.3, -0.25) is 4.98 Å². The molecule has 130 valence electrons. The van der Waals surface area contributed by atoms with Gasteiger partial charge in [0.05, 0.1) is 29.3 Å². The van der Waals surface area contributed by atoms with Crippen LogP contribution in [0.5, 0.6) is 0 Å². The van der Waals surface area contributed by atoms with E-state index < -0.39 is 21.8 Å². The predicted molar refractivity (Wildman–Crippen MR) is 80.4 cm³/mol. The van der Waals surface area contributed by atoms with Crippen LogP contribution in [0.1, 0.15) is 16.8 Å². The average molecular weight is 360 g/mol. The van der Waals surface area contributed by atoms with Gasteiger partial charge < -0.3 is 4.74 Å². The third-order valence-electron chi connectivity index (χ3n) is 3.15. The number of hydrogen-bond acceptors (Lipinski definition) is 4. The highest BCUT2D eigenvalue weighted by Gasteiger charge is 2.30. The number of halogens is 3. The molecule has 0 saturated carbocycles. The highest BCUT2D eigenvalue weighted by Crippen LogP contribution is 2.29. The van der Waals surface area contributed by atoms with E-state index in [1.165, 1.54) is 13.2 Å². The quantitative estimate of drug-likeness (QED) is 0.860. The maximum Gasteiger partial charge on any atom is 0.416 e. The first-order chi connectivity index (χ1) is 11.2. The van der Waals surface area contributed by atoms with Crippen LogP contribution in [0.15, 0.2) is 47.5 Å². The molecule has 24 heavy (non-hydrogen) atoms. The molecule has 1 aromatic carbocycles. The van der Waals surface area contributed by atoms with Gasteiger partial charge in [0, 0.05) is 13.3 Å². The SMILES string of the molecule is COCc1ccccc1S(=O)(=O)NCc1cc(C(F)(F)F)ccn1. The highest BCUT2D eigenvalue weighted by atomic mass is 32.2. The van der Waals surface area contributed by atoms with Crippen LogP contribution in [0.2, 0.25) is 0 Å². The Labute approximate surface area is 137 Å². The number of benzene rings is 1. The third kappa shape index (κ3) is 4.53. The maximum absolute atomic E-state index is 12.7. The van der Waals surface area contributed by atoms with Crippen molar-refractivity contribution in [2.75, 3.05) is 7.11 Å². The first-order valence-corrected chi connectivity index (χ1v) is 8.31. The molecule has 0 saturated heterocycles. The number of ether oxygens (including phenoxy) is 1. The highest BCUT2D eigenvalue weighted by molar-refractivity contribution is 7.89. The third-order valence-corrected chi connectivity index (χ3v) is 4.65. The van der Waals surface area contributed by atoms with Gasteiger partial charge in [-0.25, -0.2) is 13.1 Å². The monoisotopic (exact) mass is 360 g/mol. The van der Waals surface area contributed by atoms with E-state index in [-0.39, 0.29) is 23.7 Å². The van der Waals surface area contributed by atoms with Crippen LogP contribution in [0.3, 0.4) is 0 Å².